The Kier molecular flexibility index (Phi) is 4.88. The highest BCUT2D eigenvalue weighted by Crippen LogP contribution is 2.33. The third kappa shape index (κ3) is 3.79. The molecule has 0 aliphatic rings. The maximum absolute atomic E-state index is 13.1. The van der Waals surface area contributed by atoms with Crippen LogP contribution >= 0.6 is 0 Å². The third-order valence-corrected chi connectivity index (χ3v) is 3.88. The van der Waals surface area contributed by atoms with Crippen molar-refractivity contribution in [3.63, 3.8) is 0 Å². The van der Waals surface area contributed by atoms with E-state index in [2.05, 4.69) is 33.1 Å². The van der Waals surface area contributed by atoms with E-state index >= 15 is 0 Å². The van der Waals surface area contributed by atoms with Crippen LogP contribution in [0.3, 0.4) is 0 Å². The Balaban J connectivity index is 2.90. The van der Waals surface area contributed by atoms with E-state index in [-0.39, 0.29) is 17.3 Å². The van der Waals surface area contributed by atoms with E-state index in [9.17, 15) is 4.39 Å². The van der Waals surface area contributed by atoms with Crippen molar-refractivity contribution < 1.29 is 4.39 Å². The minimum atomic E-state index is -0.198. The highest BCUT2D eigenvalue weighted by Gasteiger charge is 2.24. The highest BCUT2D eigenvalue weighted by molar-refractivity contribution is 5.29. The first kappa shape index (κ1) is 15.1. The van der Waals surface area contributed by atoms with E-state index in [1.807, 2.05) is 13.0 Å². The summed E-state index contributed by atoms with van der Waals surface area (Å²) >= 11 is 0. The van der Waals surface area contributed by atoms with Crippen LogP contribution in [0.1, 0.15) is 51.3 Å². The average molecular weight is 252 g/mol. The lowest BCUT2D eigenvalue weighted by molar-refractivity contribution is 0.223. The van der Waals surface area contributed by atoms with E-state index < -0.39 is 0 Å². The Morgan fingerprint density at radius 2 is 1.94 bits per heavy atom. The Labute approximate surface area is 110 Å². The molecule has 1 aromatic carbocycles. The van der Waals surface area contributed by atoms with Crippen molar-refractivity contribution in [2.24, 2.45) is 17.2 Å². The SMILES string of the molecule is Cc1cc(F)ccc1C(CC(C)C(C)(C)C)NN. The molecule has 2 nitrogen and oxygen atoms in total. The number of nitrogens with two attached hydrogens (primary N) is 1. The zero-order valence-corrected chi connectivity index (χ0v) is 12.0. The third-order valence-electron chi connectivity index (χ3n) is 3.88. The summed E-state index contributed by atoms with van der Waals surface area (Å²) < 4.78 is 13.1. The minimum Gasteiger partial charge on any atom is -0.271 e. The summed E-state index contributed by atoms with van der Waals surface area (Å²) in [4.78, 5) is 0. The molecule has 0 saturated heterocycles. The van der Waals surface area contributed by atoms with Gasteiger partial charge in [0.1, 0.15) is 5.82 Å². The molecule has 0 radical (unpaired) electrons. The molecule has 2 unspecified atom stereocenters. The molecule has 3 heteroatoms. The van der Waals surface area contributed by atoms with Gasteiger partial charge in [0, 0.05) is 6.04 Å². The Hall–Kier alpha value is -0.930. The van der Waals surface area contributed by atoms with Gasteiger partial charge < -0.3 is 0 Å². The summed E-state index contributed by atoms with van der Waals surface area (Å²) in [7, 11) is 0. The van der Waals surface area contributed by atoms with Crippen LogP contribution < -0.4 is 11.3 Å². The van der Waals surface area contributed by atoms with Crippen molar-refractivity contribution in [3.05, 3.63) is 35.1 Å². The lowest BCUT2D eigenvalue weighted by atomic mass is 9.77. The molecule has 1 rings (SSSR count). The number of halogens is 1. The van der Waals surface area contributed by atoms with Gasteiger partial charge in [-0.15, -0.1) is 0 Å². The highest BCUT2D eigenvalue weighted by atomic mass is 19.1. The minimum absolute atomic E-state index is 0.0693. The van der Waals surface area contributed by atoms with Gasteiger partial charge in [0.2, 0.25) is 0 Å². The number of hydrazine groups is 1. The fourth-order valence-corrected chi connectivity index (χ4v) is 2.02. The quantitative estimate of drug-likeness (QED) is 0.633. The maximum Gasteiger partial charge on any atom is 0.123 e. The lowest BCUT2D eigenvalue weighted by Crippen LogP contribution is -2.32. The van der Waals surface area contributed by atoms with E-state index in [0.29, 0.717) is 5.92 Å². The summed E-state index contributed by atoms with van der Waals surface area (Å²) in [6.07, 6.45) is 0.937. The predicted molar refractivity (Wildman–Crippen MR) is 74.4 cm³/mol. The van der Waals surface area contributed by atoms with Crippen LogP contribution in [0.2, 0.25) is 0 Å². The number of rotatable bonds is 4. The molecule has 0 fully saturated rings. The van der Waals surface area contributed by atoms with Crippen molar-refractivity contribution in [1.29, 1.82) is 0 Å². The Morgan fingerprint density at radius 3 is 2.39 bits per heavy atom. The molecule has 0 aliphatic carbocycles. The summed E-state index contributed by atoms with van der Waals surface area (Å²) in [6.45, 7) is 10.8. The first-order valence-corrected chi connectivity index (χ1v) is 6.48. The molecule has 0 saturated carbocycles. The van der Waals surface area contributed by atoms with Gasteiger partial charge in [-0.3, -0.25) is 11.3 Å². The van der Waals surface area contributed by atoms with Crippen molar-refractivity contribution in [2.45, 2.75) is 47.1 Å². The zero-order chi connectivity index (χ0) is 13.9. The number of nitrogens with one attached hydrogen (secondary N) is 1. The second-order valence-electron chi connectivity index (χ2n) is 6.22. The molecule has 18 heavy (non-hydrogen) atoms. The smallest absolute Gasteiger partial charge is 0.123 e. The van der Waals surface area contributed by atoms with Gasteiger partial charge in [-0.05, 0) is 47.9 Å². The molecule has 0 bridgehead atoms. The lowest BCUT2D eigenvalue weighted by Gasteiger charge is -2.31. The fourth-order valence-electron chi connectivity index (χ4n) is 2.02. The normalized spacial score (nSPS) is 15.5. The average Bonchev–Trinajstić information content (AvgIpc) is 2.25. The largest absolute Gasteiger partial charge is 0.271 e. The van der Waals surface area contributed by atoms with Crippen LogP contribution in [0.15, 0.2) is 18.2 Å². The molecule has 0 spiro atoms. The van der Waals surface area contributed by atoms with Gasteiger partial charge in [0.05, 0.1) is 0 Å². The zero-order valence-electron chi connectivity index (χ0n) is 12.0. The molecule has 3 N–H and O–H groups in total. The number of aryl methyl sites for hydroxylation is 1. The van der Waals surface area contributed by atoms with Crippen molar-refractivity contribution in [1.82, 2.24) is 5.43 Å². The second kappa shape index (κ2) is 5.81. The van der Waals surface area contributed by atoms with E-state index in [0.717, 1.165) is 17.5 Å². The predicted octanol–water partition coefficient (Wildman–Crippen LogP) is 3.71. The van der Waals surface area contributed by atoms with Gasteiger partial charge in [0.15, 0.2) is 0 Å². The van der Waals surface area contributed by atoms with Gasteiger partial charge in [-0.25, -0.2) is 4.39 Å². The van der Waals surface area contributed by atoms with E-state index in [1.165, 1.54) is 6.07 Å². The molecule has 0 amide bonds. The monoisotopic (exact) mass is 252 g/mol. The molecule has 102 valence electrons. The number of hydrogen-bond acceptors (Lipinski definition) is 2. The van der Waals surface area contributed by atoms with E-state index in [1.54, 1.807) is 6.07 Å². The van der Waals surface area contributed by atoms with Crippen molar-refractivity contribution >= 4 is 0 Å². The summed E-state index contributed by atoms with van der Waals surface area (Å²) in [6, 6.07) is 4.94. The van der Waals surface area contributed by atoms with Crippen LogP contribution in [0.4, 0.5) is 4.39 Å². The van der Waals surface area contributed by atoms with E-state index in [4.69, 9.17) is 5.84 Å². The van der Waals surface area contributed by atoms with Gasteiger partial charge >= 0.3 is 0 Å². The second-order valence-corrected chi connectivity index (χ2v) is 6.22. The molecular weight excluding hydrogens is 227 g/mol. The number of benzene rings is 1. The van der Waals surface area contributed by atoms with Crippen LogP contribution in [0.25, 0.3) is 0 Å². The standard InChI is InChI=1S/C15H25FN2/c1-10-8-12(16)6-7-13(10)14(18-17)9-11(2)15(3,4)5/h6-8,11,14,18H,9,17H2,1-5H3. The molecule has 1 aromatic rings. The number of hydrogen-bond donors (Lipinski definition) is 2. The summed E-state index contributed by atoms with van der Waals surface area (Å²) in [5.41, 5.74) is 5.12. The topological polar surface area (TPSA) is 38.0 Å². The molecule has 0 aromatic heterocycles. The summed E-state index contributed by atoms with van der Waals surface area (Å²) in [5, 5.41) is 0. The fraction of sp³-hybridized carbons (Fsp3) is 0.600. The van der Waals surface area contributed by atoms with Gasteiger partial charge in [0.25, 0.3) is 0 Å². The first-order chi connectivity index (χ1) is 8.25. The van der Waals surface area contributed by atoms with Crippen LogP contribution in [0, 0.1) is 24.1 Å². The van der Waals surface area contributed by atoms with Crippen molar-refractivity contribution in [3.8, 4) is 0 Å². The molecule has 2 atom stereocenters. The van der Waals surface area contributed by atoms with Crippen LogP contribution in [0.5, 0.6) is 0 Å². The molecule has 0 heterocycles. The van der Waals surface area contributed by atoms with Gasteiger partial charge in [-0.2, -0.15) is 0 Å². The molecule has 0 aliphatic heterocycles. The van der Waals surface area contributed by atoms with Crippen LogP contribution in [-0.4, -0.2) is 0 Å². The van der Waals surface area contributed by atoms with Crippen molar-refractivity contribution in [2.75, 3.05) is 0 Å². The molecular formula is C15H25FN2. The Morgan fingerprint density at radius 1 is 1.33 bits per heavy atom. The first-order valence-electron chi connectivity index (χ1n) is 6.48. The maximum atomic E-state index is 13.1. The Bertz CT molecular complexity index is 396. The van der Waals surface area contributed by atoms with Gasteiger partial charge in [-0.1, -0.05) is 33.8 Å². The summed E-state index contributed by atoms with van der Waals surface area (Å²) in [5.74, 6) is 5.98. The van der Waals surface area contributed by atoms with Crippen LogP contribution in [-0.2, 0) is 0 Å².